The van der Waals surface area contributed by atoms with Crippen LogP contribution in [-0.4, -0.2) is 38.1 Å². The van der Waals surface area contributed by atoms with Crippen molar-refractivity contribution in [3.8, 4) is 0 Å². The van der Waals surface area contributed by atoms with Crippen LogP contribution in [0.3, 0.4) is 0 Å². The van der Waals surface area contributed by atoms with Gasteiger partial charge in [-0.3, -0.25) is 0 Å². The third kappa shape index (κ3) is 5.23. The highest BCUT2D eigenvalue weighted by Crippen LogP contribution is 2.43. The Kier molecular flexibility index (Phi) is 7.28. The highest BCUT2D eigenvalue weighted by molar-refractivity contribution is 5.82. The van der Waals surface area contributed by atoms with Crippen LogP contribution in [0, 0.1) is 5.92 Å². The van der Waals surface area contributed by atoms with E-state index < -0.39 is 17.7 Å². The molecule has 1 aromatic carbocycles. The lowest BCUT2D eigenvalue weighted by Crippen LogP contribution is -2.52. The second-order valence-electron chi connectivity index (χ2n) is 7.24. The fraction of sp³-hybridized carbons (Fsp3) is 0.650. The maximum absolute atomic E-state index is 13.7. The quantitative estimate of drug-likeness (QED) is 0.333. The Morgan fingerprint density at radius 1 is 1.15 bits per heavy atom. The fourth-order valence-corrected chi connectivity index (χ4v) is 3.12. The van der Waals surface area contributed by atoms with Crippen molar-refractivity contribution in [3.05, 3.63) is 35.9 Å². The monoisotopic (exact) mass is 388 g/mol. The molecule has 0 aliphatic carbocycles. The van der Waals surface area contributed by atoms with Crippen molar-refractivity contribution >= 4 is 5.97 Å². The van der Waals surface area contributed by atoms with Crippen LogP contribution in [0.2, 0.25) is 0 Å². The lowest BCUT2D eigenvalue weighted by molar-refractivity contribution is -0.276. The molecule has 152 valence electrons. The Balaban J connectivity index is 1.93. The van der Waals surface area contributed by atoms with Crippen molar-refractivity contribution in [1.29, 1.82) is 0 Å². The largest absolute Gasteiger partial charge is 0.460 e. The van der Waals surface area contributed by atoms with Crippen molar-refractivity contribution in [2.75, 3.05) is 13.7 Å². The van der Waals surface area contributed by atoms with Gasteiger partial charge in [0.25, 0.3) is 5.60 Å². The summed E-state index contributed by atoms with van der Waals surface area (Å²) in [5.74, 6) is -0.831. The van der Waals surface area contributed by atoms with Crippen molar-refractivity contribution in [2.45, 2.75) is 63.5 Å². The summed E-state index contributed by atoms with van der Waals surface area (Å²) < 4.78 is 56.3. The Labute approximate surface area is 158 Å². The van der Waals surface area contributed by atoms with Gasteiger partial charge in [-0.1, -0.05) is 63.4 Å². The molecule has 0 unspecified atom stereocenters. The molecule has 1 saturated heterocycles. The molecule has 2 rings (SSSR count). The van der Waals surface area contributed by atoms with Gasteiger partial charge in [-0.25, -0.2) is 4.79 Å². The molecule has 0 N–H and O–H groups in total. The molecule has 1 aliphatic rings. The molecule has 0 radical (unpaired) electrons. The molecule has 0 amide bonds. The first-order chi connectivity index (χ1) is 12.7. The van der Waals surface area contributed by atoms with Gasteiger partial charge in [0.2, 0.25) is 0 Å². The van der Waals surface area contributed by atoms with Crippen molar-refractivity contribution in [1.82, 2.24) is 0 Å². The topological polar surface area (TPSA) is 48.1 Å². The van der Waals surface area contributed by atoms with Crippen LogP contribution in [0.5, 0.6) is 0 Å². The molecule has 7 heteroatoms. The maximum atomic E-state index is 13.7. The van der Waals surface area contributed by atoms with Crippen LogP contribution in [0.25, 0.3) is 0 Å². The molecule has 1 aromatic rings. The first-order valence-electron chi connectivity index (χ1n) is 9.22. The van der Waals surface area contributed by atoms with Crippen LogP contribution in [0.15, 0.2) is 30.3 Å². The first kappa shape index (κ1) is 21.7. The Morgan fingerprint density at radius 3 is 2.37 bits per heavy atom. The molecule has 0 aromatic heterocycles. The normalized spacial score (nSPS) is 21.7. The Bertz CT molecular complexity index is 603. The molecule has 0 bridgehead atoms. The van der Waals surface area contributed by atoms with E-state index in [1.807, 2.05) is 0 Å². The van der Waals surface area contributed by atoms with Gasteiger partial charge in [0.15, 0.2) is 0 Å². The Morgan fingerprint density at radius 2 is 1.81 bits per heavy atom. The van der Waals surface area contributed by atoms with Gasteiger partial charge in [-0.15, -0.1) is 0 Å². The van der Waals surface area contributed by atoms with Crippen LogP contribution >= 0.6 is 0 Å². The molecule has 1 fully saturated rings. The minimum Gasteiger partial charge on any atom is -0.460 e. The average molecular weight is 388 g/mol. The molecule has 3 atom stereocenters. The van der Waals surface area contributed by atoms with E-state index >= 15 is 0 Å². The SMILES string of the molecule is CO[C@@](C(=O)OC[C@@H]1O[C@@H]1CCCCC(C)C)(c1ccccc1)C(F)(F)F. The number of hydrogen-bond acceptors (Lipinski definition) is 4. The standard InChI is InChI=1S/C20H27F3O4/c1-14(2)9-7-8-12-16-17(27-16)13-26-18(24)19(25-3,20(21,22)23)15-10-5-4-6-11-15/h4-6,10-11,14,16-17H,7-9,12-13H2,1-3H3/t16-,17+,19-/m1/s1. The number of ether oxygens (including phenoxy) is 3. The molecular weight excluding hydrogens is 361 g/mol. The number of methoxy groups -OCH3 is 1. The number of unbranched alkanes of at least 4 members (excludes halogenated alkanes) is 1. The molecule has 0 spiro atoms. The fourth-order valence-electron chi connectivity index (χ4n) is 3.12. The van der Waals surface area contributed by atoms with Crippen LogP contribution < -0.4 is 0 Å². The van der Waals surface area contributed by atoms with Gasteiger partial charge in [0, 0.05) is 12.7 Å². The van der Waals surface area contributed by atoms with E-state index in [9.17, 15) is 18.0 Å². The van der Waals surface area contributed by atoms with Gasteiger partial charge in [-0.2, -0.15) is 13.2 Å². The number of benzene rings is 1. The predicted octanol–water partition coefficient (Wildman–Crippen LogP) is 4.62. The second-order valence-corrected chi connectivity index (χ2v) is 7.24. The van der Waals surface area contributed by atoms with Crippen LogP contribution in [0.4, 0.5) is 13.2 Å². The van der Waals surface area contributed by atoms with Gasteiger partial charge in [0.05, 0.1) is 6.10 Å². The smallest absolute Gasteiger partial charge is 0.432 e. The lowest BCUT2D eigenvalue weighted by Gasteiger charge is -2.32. The van der Waals surface area contributed by atoms with Crippen LogP contribution in [-0.2, 0) is 24.6 Å². The third-order valence-corrected chi connectivity index (χ3v) is 4.76. The number of esters is 1. The van der Waals surface area contributed by atoms with Gasteiger partial charge >= 0.3 is 12.1 Å². The predicted molar refractivity (Wildman–Crippen MR) is 94.1 cm³/mol. The molecule has 0 saturated carbocycles. The van der Waals surface area contributed by atoms with Crippen LogP contribution in [0.1, 0.15) is 45.1 Å². The van der Waals surface area contributed by atoms with E-state index in [1.165, 1.54) is 24.3 Å². The number of rotatable bonds is 10. The number of alkyl halides is 3. The Hall–Kier alpha value is -1.60. The summed E-state index contributed by atoms with van der Waals surface area (Å²) in [7, 11) is 0.854. The third-order valence-electron chi connectivity index (χ3n) is 4.76. The van der Waals surface area contributed by atoms with E-state index in [4.69, 9.17) is 14.2 Å². The molecule has 1 aliphatic heterocycles. The number of halogens is 3. The number of carbonyl (C=O) groups excluding carboxylic acids is 1. The first-order valence-corrected chi connectivity index (χ1v) is 9.22. The zero-order valence-electron chi connectivity index (χ0n) is 15.9. The summed E-state index contributed by atoms with van der Waals surface area (Å²) in [6, 6.07) is 6.79. The minimum atomic E-state index is -4.96. The number of carbonyl (C=O) groups is 1. The van der Waals surface area contributed by atoms with Crippen molar-refractivity contribution in [3.63, 3.8) is 0 Å². The van der Waals surface area contributed by atoms with Gasteiger partial charge in [0.1, 0.15) is 12.7 Å². The average Bonchev–Trinajstić information content (AvgIpc) is 3.36. The zero-order chi connectivity index (χ0) is 20.1. The van der Waals surface area contributed by atoms with Gasteiger partial charge in [-0.05, 0) is 12.3 Å². The summed E-state index contributed by atoms with van der Waals surface area (Å²) in [5, 5.41) is 0. The van der Waals surface area contributed by atoms with Gasteiger partial charge < -0.3 is 14.2 Å². The number of epoxide rings is 1. The summed E-state index contributed by atoms with van der Waals surface area (Å²) in [5.41, 5.74) is -3.46. The maximum Gasteiger partial charge on any atom is 0.432 e. The second kappa shape index (κ2) is 9.06. The highest BCUT2D eigenvalue weighted by Gasteiger charge is 2.64. The molecule has 1 heterocycles. The van der Waals surface area contributed by atoms with E-state index in [-0.39, 0.29) is 24.4 Å². The summed E-state index contributed by atoms with van der Waals surface area (Å²) in [4.78, 5) is 12.4. The minimum absolute atomic E-state index is 0.0514. The van der Waals surface area contributed by atoms with E-state index in [0.717, 1.165) is 32.8 Å². The molecule has 27 heavy (non-hydrogen) atoms. The number of hydrogen-bond donors (Lipinski definition) is 0. The van der Waals surface area contributed by atoms with E-state index in [2.05, 4.69) is 13.8 Å². The molecule has 4 nitrogen and oxygen atoms in total. The van der Waals surface area contributed by atoms with Crippen molar-refractivity contribution in [2.24, 2.45) is 5.92 Å². The highest BCUT2D eigenvalue weighted by atomic mass is 19.4. The zero-order valence-corrected chi connectivity index (χ0v) is 15.9. The lowest BCUT2D eigenvalue weighted by atomic mass is 9.93. The summed E-state index contributed by atoms with van der Waals surface area (Å²) in [6.45, 7) is 4.11. The summed E-state index contributed by atoms with van der Waals surface area (Å²) >= 11 is 0. The van der Waals surface area contributed by atoms with E-state index in [0.29, 0.717) is 5.92 Å². The van der Waals surface area contributed by atoms with E-state index in [1.54, 1.807) is 6.07 Å². The molecular formula is C20H27F3O4. The summed E-state index contributed by atoms with van der Waals surface area (Å²) in [6.07, 6.45) is -1.33. The van der Waals surface area contributed by atoms with Crippen molar-refractivity contribution < 1.29 is 32.2 Å².